The molecule has 0 saturated carbocycles. The van der Waals surface area contributed by atoms with E-state index in [1.807, 2.05) is 0 Å². The number of rotatable bonds is 5. The van der Waals surface area contributed by atoms with Gasteiger partial charge < -0.3 is 10.4 Å². The summed E-state index contributed by atoms with van der Waals surface area (Å²) in [6.07, 6.45) is -5.21. The molecule has 0 bridgehead atoms. The van der Waals surface area contributed by atoms with Gasteiger partial charge in [0.25, 0.3) is 0 Å². The van der Waals surface area contributed by atoms with Crippen LogP contribution in [-0.4, -0.2) is 11.3 Å². The monoisotopic (exact) mass is 295 g/mol. The van der Waals surface area contributed by atoms with Gasteiger partial charge in [-0.3, -0.25) is 0 Å². The number of aromatic hydroxyl groups is 1. The van der Waals surface area contributed by atoms with E-state index in [0.717, 1.165) is 0 Å². The molecule has 0 radical (unpaired) electrons. The van der Waals surface area contributed by atoms with Crippen molar-refractivity contribution in [2.75, 3.05) is 0 Å². The van der Waals surface area contributed by atoms with Gasteiger partial charge in [0, 0.05) is 18.2 Å². The van der Waals surface area contributed by atoms with E-state index in [1.54, 1.807) is 48.5 Å². The minimum absolute atomic E-state index is 0.0730. The first-order chi connectivity index (χ1) is 9.96. The first-order valence-corrected chi connectivity index (χ1v) is 6.57. The van der Waals surface area contributed by atoms with Crippen molar-refractivity contribution < 1.29 is 18.3 Å². The van der Waals surface area contributed by atoms with E-state index in [4.69, 9.17) is 0 Å². The van der Waals surface area contributed by atoms with Crippen molar-refractivity contribution >= 4 is 0 Å². The van der Waals surface area contributed by atoms with Crippen molar-refractivity contribution in [1.82, 2.24) is 5.32 Å². The lowest BCUT2D eigenvalue weighted by atomic mass is 10.0. The summed E-state index contributed by atoms with van der Waals surface area (Å²) in [7, 11) is 0. The van der Waals surface area contributed by atoms with Crippen molar-refractivity contribution in [3.63, 3.8) is 0 Å². The number of hydrogen-bond donors (Lipinski definition) is 2. The summed E-state index contributed by atoms with van der Waals surface area (Å²) in [6.45, 7) is 0.169. The maximum atomic E-state index is 12.7. The zero-order valence-electron chi connectivity index (χ0n) is 11.3. The standard InChI is InChI=1S/C16H16F3NO/c17-16(18,19)10-14(12-6-2-1-3-7-12)20-11-13-8-4-5-9-15(13)21/h1-9,14,20-21H,10-11H2. The third-order valence-electron chi connectivity index (χ3n) is 3.17. The maximum Gasteiger partial charge on any atom is 0.390 e. The quantitative estimate of drug-likeness (QED) is 0.867. The van der Waals surface area contributed by atoms with Crippen LogP contribution in [0.1, 0.15) is 23.6 Å². The second-order valence-corrected chi connectivity index (χ2v) is 4.79. The average Bonchev–Trinajstić information content (AvgIpc) is 2.45. The van der Waals surface area contributed by atoms with Crippen molar-refractivity contribution in [2.45, 2.75) is 25.2 Å². The van der Waals surface area contributed by atoms with Crippen LogP contribution < -0.4 is 5.32 Å². The normalized spacial score (nSPS) is 13.1. The second kappa shape index (κ2) is 6.63. The first-order valence-electron chi connectivity index (χ1n) is 6.57. The zero-order valence-corrected chi connectivity index (χ0v) is 11.3. The molecular formula is C16H16F3NO. The highest BCUT2D eigenvalue weighted by Gasteiger charge is 2.32. The number of hydrogen-bond acceptors (Lipinski definition) is 2. The molecule has 2 aromatic carbocycles. The highest BCUT2D eigenvalue weighted by atomic mass is 19.4. The lowest BCUT2D eigenvalue weighted by molar-refractivity contribution is -0.140. The summed E-state index contributed by atoms with van der Waals surface area (Å²) in [6, 6.07) is 14.3. The molecule has 0 spiro atoms. The number of benzene rings is 2. The molecule has 2 rings (SSSR count). The molecule has 5 heteroatoms. The smallest absolute Gasteiger partial charge is 0.390 e. The molecular weight excluding hydrogens is 279 g/mol. The molecule has 1 unspecified atom stereocenters. The summed E-state index contributed by atoms with van der Waals surface area (Å²) in [4.78, 5) is 0. The third kappa shape index (κ3) is 4.79. The van der Waals surface area contributed by atoms with E-state index in [2.05, 4.69) is 5.32 Å². The highest BCUT2D eigenvalue weighted by molar-refractivity contribution is 5.31. The van der Waals surface area contributed by atoms with Gasteiger partial charge in [-0.05, 0) is 11.6 Å². The predicted octanol–water partition coefficient (Wildman–Crippen LogP) is 4.18. The molecule has 0 aliphatic carbocycles. The topological polar surface area (TPSA) is 32.3 Å². The van der Waals surface area contributed by atoms with E-state index in [1.165, 1.54) is 6.07 Å². The van der Waals surface area contributed by atoms with Gasteiger partial charge in [-0.1, -0.05) is 48.5 Å². The number of alkyl halides is 3. The second-order valence-electron chi connectivity index (χ2n) is 4.79. The average molecular weight is 295 g/mol. The van der Waals surface area contributed by atoms with Crippen LogP contribution in [0, 0.1) is 0 Å². The van der Waals surface area contributed by atoms with Gasteiger partial charge in [-0.2, -0.15) is 13.2 Å². The van der Waals surface area contributed by atoms with Crippen LogP contribution in [0.2, 0.25) is 0 Å². The number of nitrogens with one attached hydrogen (secondary N) is 1. The van der Waals surface area contributed by atoms with E-state index >= 15 is 0 Å². The molecule has 0 fully saturated rings. The minimum atomic E-state index is -4.26. The molecule has 0 aliphatic rings. The van der Waals surface area contributed by atoms with Crippen molar-refractivity contribution in [1.29, 1.82) is 0 Å². The Morgan fingerprint density at radius 1 is 0.952 bits per heavy atom. The van der Waals surface area contributed by atoms with Crippen LogP contribution in [0.4, 0.5) is 13.2 Å². The molecule has 0 saturated heterocycles. The molecule has 2 N–H and O–H groups in total. The van der Waals surface area contributed by atoms with Crippen LogP contribution in [-0.2, 0) is 6.54 Å². The highest BCUT2D eigenvalue weighted by Crippen LogP contribution is 2.30. The Kier molecular flexibility index (Phi) is 4.85. The Bertz CT molecular complexity index is 569. The van der Waals surface area contributed by atoms with Gasteiger partial charge in [-0.25, -0.2) is 0 Å². The molecule has 0 aliphatic heterocycles. The maximum absolute atomic E-state index is 12.7. The van der Waals surface area contributed by atoms with Crippen LogP contribution in [0.25, 0.3) is 0 Å². The van der Waals surface area contributed by atoms with Gasteiger partial charge in [0.2, 0.25) is 0 Å². The molecule has 0 aromatic heterocycles. The van der Waals surface area contributed by atoms with Gasteiger partial charge in [0.15, 0.2) is 0 Å². The Labute approximate surface area is 121 Å². The van der Waals surface area contributed by atoms with Crippen molar-refractivity contribution in [3.8, 4) is 5.75 Å². The van der Waals surface area contributed by atoms with Crippen LogP contribution in [0.15, 0.2) is 54.6 Å². The number of phenolic OH excluding ortho intramolecular Hbond substituents is 1. The predicted molar refractivity (Wildman–Crippen MR) is 74.8 cm³/mol. The Morgan fingerprint density at radius 3 is 2.19 bits per heavy atom. The first kappa shape index (κ1) is 15.4. The summed E-state index contributed by atoms with van der Waals surface area (Å²) in [5.74, 6) is 0.0730. The SMILES string of the molecule is Oc1ccccc1CNC(CC(F)(F)F)c1ccccc1. The van der Waals surface area contributed by atoms with E-state index in [0.29, 0.717) is 11.1 Å². The van der Waals surface area contributed by atoms with E-state index in [-0.39, 0.29) is 12.3 Å². The molecule has 112 valence electrons. The summed E-state index contributed by atoms with van der Waals surface area (Å²) in [5, 5.41) is 12.5. The molecule has 21 heavy (non-hydrogen) atoms. The molecule has 0 amide bonds. The fourth-order valence-electron chi connectivity index (χ4n) is 2.12. The molecule has 2 aromatic rings. The summed E-state index contributed by atoms with van der Waals surface area (Å²) >= 11 is 0. The third-order valence-corrected chi connectivity index (χ3v) is 3.17. The molecule has 0 heterocycles. The number of phenols is 1. The number of para-hydroxylation sites is 1. The fraction of sp³-hybridized carbons (Fsp3) is 0.250. The van der Waals surface area contributed by atoms with E-state index < -0.39 is 18.6 Å². The summed E-state index contributed by atoms with van der Waals surface area (Å²) in [5.41, 5.74) is 1.14. The lowest BCUT2D eigenvalue weighted by Gasteiger charge is -2.21. The Morgan fingerprint density at radius 2 is 1.57 bits per heavy atom. The minimum Gasteiger partial charge on any atom is -0.508 e. The molecule has 1 atom stereocenters. The fourth-order valence-corrected chi connectivity index (χ4v) is 2.12. The number of halogens is 3. The zero-order chi connectivity index (χ0) is 15.3. The van der Waals surface area contributed by atoms with E-state index in [9.17, 15) is 18.3 Å². The van der Waals surface area contributed by atoms with Gasteiger partial charge in [0.05, 0.1) is 6.42 Å². The largest absolute Gasteiger partial charge is 0.508 e. The van der Waals surface area contributed by atoms with Crippen LogP contribution in [0.3, 0.4) is 0 Å². The Balaban J connectivity index is 2.11. The lowest BCUT2D eigenvalue weighted by Crippen LogP contribution is -2.26. The van der Waals surface area contributed by atoms with Crippen molar-refractivity contribution in [2.24, 2.45) is 0 Å². The summed E-state index contributed by atoms with van der Waals surface area (Å²) < 4.78 is 38.1. The van der Waals surface area contributed by atoms with Crippen LogP contribution in [0.5, 0.6) is 5.75 Å². The Hall–Kier alpha value is -2.01. The van der Waals surface area contributed by atoms with Gasteiger partial charge in [0.1, 0.15) is 5.75 Å². The molecule has 2 nitrogen and oxygen atoms in total. The van der Waals surface area contributed by atoms with Gasteiger partial charge in [-0.15, -0.1) is 0 Å². The van der Waals surface area contributed by atoms with Gasteiger partial charge >= 0.3 is 6.18 Å². The van der Waals surface area contributed by atoms with Crippen molar-refractivity contribution in [3.05, 3.63) is 65.7 Å². The van der Waals surface area contributed by atoms with Crippen LogP contribution >= 0.6 is 0 Å².